The van der Waals surface area contributed by atoms with Crippen molar-refractivity contribution in [1.29, 1.82) is 0 Å². The molecule has 0 spiro atoms. The number of nitrogens with zero attached hydrogens (tertiary/aromatic N) is 1. The average Bonchev–Trinajstić information content (AvgIpc) is 3.02. The summed E-state index contributed by atoms with van der Waals surface area (Å²) in [6.45, 7) is 6.28. The quantitative estimate of drug-likeness (QED) is 0.802. The Balaban J connectivity index is 1.85. The van der Waals surface area contributed by atoms with Crippen molar-refractivity contribution in [3.63, 3.8) is 0 Å². The minimum Gasteiger partial charge on any atom is -0.364 e. The number of hydrogen-bond donors (Lipinski definition) is 2. The van der Waals surface area contributed by atoms with Crippen LogP contribution in [0.1, 0.15) is 37.8 Å². The van der Waals surface area contributed by atoms with E-state index in [-0.39, 0.29) is 18.1 Å². The summed E-state index contributed by atoms with van der Waals surface area (Å²) in [5.74, 6) is -0.0364. The van der Waals surface area contributed by atoms with E-state index in [0.717, 1.165) is 24.9 Å². The zero-order valence-corrected chi connectivity index (χ0v) is 14.4. The first-order chi connectivity index (χ1) is 11.0. The molecule has 5 nitrogen and oxygen atoms in total. The maximum atomic E-state index is 12.1. The summed E-state index contributed by atoms with van der Waals surface area (Å²) in [5.41, 5.74) is 7.95. The van der Waals surface area contributed by atoms with Crippen molar-refractivity contribution in [2.24, 2.45) is 5.73 Å². The van der Waals surface area contributed by atoms with Gasteiger partial charge in [-0.1, -0.05) is 24.3 Å². The molecular formula is C18H29N3O2. The molecule has 3 N–H and O–H groups in total. The standard InChI is InChI=1S/C18H29N3O2/c1-13(2)21(3)12-15-6-4-5-14(9-15)11-20-18(22)17-8-7-16(10-19)23-17/h4-6,9,13,16-17H,7-8,10-12,19H2,1-3H3,(H,20,22)/t16-,17+/m1/s1. The van der Waals surface area contributed by atoms with E-state index in [1.165, 1.54) is 5.56 Å². The smallest absolute Gasteiger partial charge is 0.249 e. The lowest BCUT2D eigenvalue weighted by Crippen LogP contribution is -2.35. The van der Waals surface area contributed by atoms with Crippen LogP contribution in [0.4, 0.5) is 0 Å². The third-order valence-electron chi connectivity index (χ3n) is 4.43. The van der Waals surface area contributed by atoms with E-state index >= 15 is 0 Å². The van der Waals surface area contributed by atoms with Gasteiger partial charge in [-0.25, -0.2) is 0 Å². The van der Waals surface area contributed by atoms with Crippen LogP contribution in [0.3, 0.4) is 0 Å². The van der Waals surface area contributed by atoms with Crippen molar-refractivity contribution < 1.29 is 9.53 Å². The van der Waals surface area contributed by atoms with E-state index in [1.807, 2.05) is 12.1 Å². The van der Waals surface area contributed by atoms with E-state index in [9.17, 15) is 4.79 Å². The first-order valence-corrected chi connectivity index (χ1v) is 8.41. The summed E-state index contributed by atoms with van der Waals surface area (Å²) in [4.78, 5) is 14.4. The molecule has 1 aliphatic heterocycles. The minimum absolute atomic E-state index is 0.0284. The Morgan fingerprint density at radius 1 is 1.39 bits per heavy atom. The molecule has 0 saturated carbocycles. The predicted octanol–water partition coefficient (Wildman–Crippen LogP) is 1.65. The van der Waals surface area contributed by atoms with Crippen molar-refractivity contribution in [1.82, 2.24) is 10.2 Å². The molecule has 1 amide bonds. The van der Waals surface area contributed by atoms with Crippen molar-refractivity contribution in [3.05, 3.63) is 35.4 Å². The first-order valence-electron chi connectivity index (χ1n) is 8.41. The van der Waals surface area contributed by atoms with E-state index in [2.05, 4.69) is 43.2 Å². The number of amides is 1. The Labute approximate surface area is 139 Å². The first kappa shape index (κ1) is 17.9. The lowest BCUT2D eigenvalue weighted by atomic mass is 10.1. The van der Waals surface area contributed by atoms with Crippen molar-refractivity contribution in [3.8, 4) is 0 Å². The Hall–Kier alpha value is -1.43. The Bertz CT molecular complexity index is 519. The summed E-state index contributed by atoms with van der Waals surface area (Å²) in [6, 6.07) is 8.86. The maximum Gasteiger partial charge on any atom is 0.249 e. The molecule has 5 heteroatoms. The normalized spacial score (nSPS) is 21.1. The second-order valence-electron chi connectivity index (χ2n) is 6.61. The molecule has 1 aliphatic rings. The molecule has 23 heavy (non-hydrogen) atoms. The molecule has 0 aliphatic carbocycles. The molecule has 128 valence electrons. The van der Waals surface area contributed by atoms with E-state index in [0.29, 0.717) is 19.1 Å². The number of carbonyl (C=O) groups excluding carboxylic acids is 1. The van der Waals surface area contributed by atoms with Gasteiger partial charge in [-0.2, -0.15) is 0 Å². The Morgan fingerprint density at radius 3 is 2.78 bits per heavy atom. The van der Waals surface area contributed by atoms with Crippen molar-refractivity contribution >= 4 is 5.91 Å². The van der Waals surface area contributed by atoms with Gasteiger partial charge in [-0.15, -0.1) is 0 Å². The molecule has 1 aromatic carbocycles. The minimum atomic E-state index is -0.348. The van der Waals surface area contributed by atoms with Gasteiger partial charge in [0.25, 0.3) is 0 Å². The van der Waals surface area contributed by atoms with Crippen LogP contribution in [0.15, 0.2) is 24.3 Å². The highest BCUT2D eigenvalue weighted by Gasteiger charge is 2.29. The fraction of sp³-hybridized carbons (Fsp3) is 0.611. The van der Waals surface area contributed by atoms with Gasteiger partial charge in [0.15, 0.2) is 0 Å². The second-order valence-corrected chi connectivity index (χ2v) is 6.61. The van der Waals surface area contributed by atoms with Gasteiger partial charge in [0.1, 0.15) is 6.10 Å². The predicted molar refractivity (Wildman–Crippen MR) is 91.8 cm³/mol. The number of hydrogen-bond acceptors (Lipinski definition) is 4. The number of ether oxygens (including phenoxy) is 1. The zero-order valence-electron chi connectivity index (χ0n) is 14.4. The van der Waals surface area contributed by atoms with Gasteiger partial charge in [0.05, 0.1) is 6.10 Å². The number of nitrogens with one attached hydrogen (secondary N) is 1. The zero-order chi connectivity index (χ0) is 16.8. The van der Waals surface area contributed by atoms with Crippen LogP contribution in [0, 0.1) is 0 Å². The van der Waals surface area contributed by atoms with Crippen LogP contribution >= 0.6 is 0 Å². The molecule has 2 rings (SSSR count). The van der Waals surface area contributed by atoms with Gasteiger partial charge < -0.3 is 15.8 Å². The van der Waals surface area contributed by atoms with Crippen LogP contribution in [-0.2, 0) is 22.6 Å². The highest BCUT2D eigenvalue weighted by atomic mass is 16.5. The second kappa shape index (κ2) is 8.43. The highest BCUT2D eigenvalue weighted by Crippen LogP contribution is 2.19. The van der Waals surface area contributed by atoms with E-state index < -0.39 is 0 Å². The Kier molecular flexibility index (Phi) is 6.57. The van der Waals surface area contributed by atoms with Gasteiger partial charge in [0, 0.05) is 25.7 Å². The van der Waals surface area contributed by atoms with Gasteiger partial charge >= 0.3 is 0 Å². The van der Waals surface area contributed by atoms with Crippen LogP contribution in [-0.4, -0.2) is 42.6 Å². The third kappa shape index (κ3) is 5.30. The number of rotatable bonds is 7. The topological polar surface area (TPSA) is 67.6 Å². The van der Waals surface area contributed by atoms with E-state index in [4.69, 9.17) is 10.5 Å². The molecular weight excluding hydrogens is 290 g/mol. The highest BCUT2D eigenvalue weighted by molar-refractivity contribution is 5.81. The number of carbonyl (C=O) groups is 1. The molecule has 0 radical (unpaired) electrons. The van der Waals surface area contributed by atoms with Crippen LogP contribution < -0.4 is 11.1 Å². The number of nitrogens with two attached hydrogens (primary N) is 1. The maximum absolute atomic E-state index is 12.1. The fourth-order valence-electron chi connectivity index (χ4n) is 2.68. The van der Waals surface area contributed by atoms with Crippen molar-refractivity contribution in [2.45, 2.75) is 58.0 Å². The molecule has 1 aromatic rings. The molecule has 1 heterocycles. The SMILES string of the molecule is CC(C)N(C)Cc1cccc(CNC(=O)[C@@H]2CC[C@H](CN)O2)c1. The lowest BCUT2D eigenvalue weighted by molar-refractivity contribution is -0.132. The summed E-state index contributed by atoms with van der Waals surface area (Å²) in [5, 5.41) is 2.97. The molecule has 1 fully saturated rings. The molecule has 0 unspecified atom stereocenters. The van der Waals surface area contributed by atoms with Crippen molar-refractivity contribution in [2.75, 3.05) is 13.6 Å². The molecule has 0 bridgehead atoms. The third-order valence-corrected chi connectivity index (χ3v) is 4.43. The summed E-state index contributed by atoms with van der Waals surface area (Å²) in [6.07, 6.45) is 1.30. The summed E-state index contributed by atoms with van der Waals surface area (Å²) >= 11 is 0. The largest absolute Gasteiger partial charge is 0.364 e. The summed E-state index contributed by atoms with van der Waals surface area (Å²) in [7, 11) is 2.12. The van der Waals surface area contributed by atoms with Crippen LogP contribution in [0.2, 0.25) is 0 Å². The van der Waals surface area contributed by atoms with E-state index in [1.54, 1.807) is 0 Å². The van der Waals surface area contributed by atoms with Gasteiger partial charge in [-0.3, -0.25) is 9.69 Å². The van der Waals surface area contributed by atoms with Gasteiger partial charge in [0.2, 0.25) is 5.91 Å². The van der Waals surface area contributed by atoms with Crippen LogP contribution in [0.5, 0.6) is 0 Å². The van der Waals surface area contributed by atoms with Crippen LogP contribution in [0.25, 0.3) is 0 Å². The lowest BCUT2D eigenvalue weighted by Gasteiger charge is -2.21. The average molecular weight is 319 g/mol. The van der Waals surface area contributed by atoms with Gasteiger partial charge in [-0.05, 0) is 44.9 Å². The monoisotopic (exact) mass is 319 g/mol. The summed E-state index contributed by atoms with van der Waals surface area (Å²) < 4.78 is 5.62. The molecule has 2 atom stereocenters. The molecule has 1 saturated heterocycles. The molecule has 0 aromatic heterocycles. The Morgan fingerprint density at radius 2 is 2.13 bits per heavy atom. The fourth-order valence-corrected chi connectivity index (χ4v) is 2.68. The number of benzene rings is 1.